The average Bonchev–Trinajstić information content (AvgIpc) is 2.12. The minimum Gasteiger partial charge on any atom is -0.298 e. The van der Waals surface area contributed by atoms with Gasteiger partial charge in [0.2, 0.25) is 0 Å². The number of carbonyl (C=O) groups excluding carboxylic acids is 1. The van der Waals surface area contributed by atoms with Crippen LogP contribution in [0.15, 0.2) is 0 Å². The fourth-order valence-electron chi connectivity index (χ4n) is 0.819. The van der Waals surface area contributed by atoms with E-state index in [-0.39, 0.29) is 16.7 Å². The fraction of sp³-hybridized carbons (Fsp3) is 0.750. The van der Waals surface area contributed by atoms with Gasteiger partial charge in [-0.1, -0.05) is 33.6 Å². The molecular formula is C12H21NO. The third-order valence-corrected chi connectivity index (χ3v) is 2.50. The first-order valence-corrected chi connectivity index (χ1v) is 5.01. The predicted octanol–water partition coefficient (Wildman–Crippen LogP) is 1.99. The van der Waals surface area contributed by atoms with E-state index in [0.717, 1.165) is 6.42 Å². The van der Waals surface area contributed by atoms with Crippen molar-refractivity contribution < 1.29 is 4.79 Å². The Kier molecular flexibility index (Phi) is 4.35. The molecule has 0 aliphatic carbocycles. The lowest BCUT2D eigenvalue weighted by atomic mass is 9.90. The smallest absolute Gasteiger partial charge is 0.151 e. The molecule has 0 saturated heterocycles. The minimum atomic E-state index is -0.360. The van der Waals surface area contributed by atoms with Crippen molar-refractivity contribution in [2.75, 3.05) is 6.54 Å². The van der Waals surface area contributed by atoms with Gasteiger partial charge in [-0.15, -0.1) is 6.42 Å². The monoisotopic (exact) mass is 195 g/mol. The van der Waals surface area contributed by atoms with Crippen LogP contribution in [0.3, 0.4) is 0 Å². The van der Waals surface area contributed by atoms with E-state index in [1.165, 1.54) is 0 Å². The Labute approximate surface area is 87.5 Å². The highest BCUT2D eigenvalue weighted by Crippen LogP contribution is 2.15. The number of terminal acetylenes is 1. The fourth-order valence-corrected chi connectivity index (χ4v) is 0.819. The molecule has 0 saturated carbocycles. The van der Waals surface area contributed by atoms with E-state index >= 15 is 0 Å². The Morgan fingerprint density at radius 1 is 1.36 bits per heavy atom. The van der Waals surface area contributed by atoms with Gasteiger partial charge in [0.05, 0.1) is 12.1 Å². The van der Waals surface area contributed by atoms with E-state index < -0.39 is 0 Å². The molecule has 0 heterocycles. The van der Waals surface area contributed by atoms with Crippen LogP contribution in [0.1, 0.15) is 41.0 Å². The van der Waals surface area contributed by atoms with Crippen molar-refractivity contribution in [3.8, 4) is 12.3 Å². The molecule has 14 heavy (non-hydrogen) atoms. The van der Waals surface area contributed by atoms with Crippen LogP contribution in [-0.2, 0) is 4.79 Å². The van der Waals surface area contributed by atoms with Crippen molar-refractivity contribution in [2.45, 2.75) is 46.6 Å². The van der Waals surface area contributed by atoms with Gasteiger partial charge in [-0.05, 0) is 13.3 Å². The molecule has 0 fully saturated rings. The standard InChI is InChI=1S/C12H21NO/c1-7-12(6,8-2)13-9-10(14)11(3,4)5/h1,13H,8-9H2,2-6H3. The van der Waals surface area contributed by atoms with E-state index in [9.17, 15) is 4.79 Å². The van der Waals surface area contributed by atoms with Gasteiger partial charge in [-0.3, -0.25) is 10.1 Å². The van der Waals surface area contributed by atoms with Crippen molar-refractivity contribution in [3.05, 3.63) is 0 Å². The summed E-state index contributed by atoms with van der Waals surface area (Å²) in [6.45, 7) is 10.0. The van der Waals surface area contributed by atoms with E-state index in [0.29, 0.717) is 6.54 Å². The molecule has 0 rings (SSSR count). The molecule has 2 nitrogen and oxygen atoms in total. The maximum atomic E-state index is 11.6. The lowest BCUT2D eigenvalue weighted by Crippen LogP contribution is -2.45. The van der Waals surface area contributed by atoms with Crippen LogP contribution in [-0.4, -0.2) is 17.9 Å². The highest BCUT2D eigenvalue weighted by molar-refractivity contribution is 5.85. The molecule has 0 aliphatic heterocycles. The molecule has 1 N–H and O–H groups in total. The summed E-state index contributed by atoms with van der Waals surface area (Å²) < 4.78 is 0. The Hall–Kier alpha value is -0.810. The molecule has 1 unspecified atom stereocenters. The third-order valence-electron chi connectivity index (χ3n) is 2.50. The largest absolute Gasteiger partial charge is 0.298 e. The number of hydrogen-bond donors (Lipinski definition) is 1. The van der Waals surface area contributed by atoms with Crippen molar-refractivity contribution in [2.24, 2.45) is 5.41 Å². The lowest BCUT2D eigenvalue weighted by Gasteiger charge is -2.25. The van der Waals surface area contributed by atoms with Crippen molar-refractivity contribution >= 4 is 5.78 Å². The van der Waals surface area contributed by atoms with Crippen molar-refractivity contribution in [1.82, 2.24) is 5.32 Å². The second-order valence-corrected chi connectivity index (χ2v) is 4.86. The molecule has 0 aliphatic rings. The van der Waals surface area contributed by atoms with Crippen LogP contribution in [0.5, 0.6) is 0 Å². The summed E-state index contributed by atoms with van der Waals surface area (Å²) in [4.78, 5) is 11.6. The summed E-state index contributed by atoms with van der Waals surface area (Å²) in [5, 5.41) is 3.12. The molecule has 1 atom stereocenters. The molecule has 80 valence electrons. The maximum absolute atomic E-state index is 11.6. The normalized spacial score (nSPS) is 15.7. The first kappa shape index (κ1) is 13.2. The van der Waals surface area contributed by atoms with E-state index in [4.69, 9.17) is 6.42 Å². The molecule has 0 aromatic rings. The van der Waals surface area contributed by atoms with Gasteiger partial charge in [0.15, 0.2) is 5.78 Å². The number of hydrogen-bond acceptors (Lipinski definition) is 2. The number of rotatable bonds is 4. The third kappa shape index (κ3) is 3.93. The maximum Gasteiger partial charge on any atom is 0.151 e. The van der Waals surface area contributed by atoms with E-state index in [2.05, 4.69) is 11.2 Å². The summed E-state index contributed by atoms with van der Waals surface area (Å²) in [6, 6.07) is 0. The first-order chi connectivity index (χ1) is 6.25. The van der Waals surface area contributed by atoms with Crippen LogP contribution in [0.4, 0.5) is 0 Å². The highest BCUT2D eigenvalue weighted by Gasteiger charge is 2.24. The van der Waals surface area contributed by atoms with Crippen LogP contribution in [0.2, 0.25) is 0 Å². The van der Waals surface area contributed by atoms with Gasteiger partial charge in [0.25, 0.3) is 0 Å². The lowest BCUT2D eigenvalue weighted by molar-refractivity contribution is -0.125. The molecule has 0 bridgehead atoms. The molecule has 0 radical (unpaired) electrons. The van der Waals surface area contributed by atoms with Gasteiger partial charge in [0, 0.05) is 5.41 Å². The zero-order valence-electron chi connectivity index (χ0n) is 9.90. The average molecular weight is 195 g/mol. The van der Waals surface area contributed by atoms with Crippen molar-refractivity contribution in [3.63, 3.8) is 0 Å². The second-order valence-electron chi connectivity index (χ2n) is 4.86. The molecule has 2 heteroatoms. The molecule has 0 aromatic heterocycles. The van der Waals surface area contributed by atoms with Gasteiger partial charge in [-0.25, -0.2) is 0 Å². The Balaban J connectivity index is 4.21. The van der Waals surface area contributed by atoms with E-state index in [1.807, 2.05) is 34.6 Å². The summed E-state index contributed by atoms with van der Waals surface area (Å²) >= 11 is 0. The number of Topliss-reactive ketones (excluding diaryl/α,β-unsaturated/α-hetero) is 1. The molecule has 0 amide bonds. The van der Waals surface area contributed by atoms with Crippen molar-refractivity contribution in [1.29, 1.82) is 0 Å². The summed E-state index contributed by atoms with van der Waals surface area (Å²) in [5.41, 5.74) is -0.656. The Morgan fingerprint density at radius 2 is 1.86 bits per heavy atom. The quantitative estimate of drug-likeness (QED) is 0.695. The SMILES string of the molecule is C#CC(C)(CC)NCC(=O)C(C)(C)C. The molecule has 0 spiro atoms. The van der Waals surface area contributed by atoms with Crippen LogP contribution in [0, 0.1) is 17.8 Å². The van der Waals surface area contributed by atoms with Crippen LogP contribution >= 0.6 is 0 Å². The zero-order chi connectivity index (χ0) is 11.4. The topological polar surface area (TPSA) is 29.1 Å². The minimum absolute atomic E-state index is 0.187. The summed E-state index contributed by atoms with van der Waals surface area (Å²) in [7, 11) is 0. The highest BCUT2D eigenvalue weighted by atomic mass is 16.1. The number of carbonyl (C=O) groups is 1. The molecule has 0 aromatic carbocycles. The van der Waals surface area contributed by atoms with Crippen LogP contribution in [0.25, 0.3) is 0 Å². The van der Waals surface area contributed by atoms with E-state index in [1.54, 1.807) is 0 Å². The number of ketones is 1. The summed E-state index contributed by atoms with van der Waals surface area (Å²) in [5.74, 6) is 2.86. The Morgan fingerprint density at radius 3 is 2.14 bits per heavy atom. The van der Waals surface area contributed by atoms with Gasteiger partial charge < -0.3 is 0 Å². The van der Waals surface area contributed by atoms with Gasteiger partial charge in [-0.2, -0.15) is 0 Å². The Bertz CT molecular complexity index is 244. The second kappa shape index (κ2) is 4.61. The van der Waals surface area contributed by atoms with Crippen LogP contribution < -0.4 is 5.32 Å². The van der Waals surface area contributed by atoms with Gasteiger partial charge in [0.1, 0.15) is 0 Å². The zero-order valence-corrected chi connectivity index (χ0v) is 9.90. The number of nitrogens with one attached hydrogen (secondary N) is 1. The predicted molar refractivity (Wildman–Crippen MR) is 60.0 cm³/mol. The summed E-state index contributed by atoms with van der Waals surface area (Å²) in [6.07, 6.45) is 6.21. The first-order valence-electron chi connectivity index (χ1n) is 5.01. The van der Waals surface area contributed by atoms with Gasteiger partial charge >= 0.3 is 0 Å². The molecular weight excluding hydrogens is 174 g/mol.